The van der Waals surface area contributed by atoms with Crippen LogP contribution >= 0.6 is 12.4 Å². The molecule has 0 fully saturated rings. The molecule has 0 spiro atoms. The molecule has 0 amide bonds. The number of hydrogen-bond acceptors (Lipinski definition) is 4. The topological polar surface area (TPSA) is 64.7 Å². The van der Waals surface area contributed by atoms with Gasteiger partial charge < -0.3 is 20.3 Å². The molecule has 0 saturated heterocycles. The Morgan fingerprint density at radius 3 is 2.59 bits per heavy atom. The summed E-state index contributed by atoms with van der Waals surface area (Å²) in [4.78, 5) is 0. The van der Waals surface area contributed by atoms with Crippen molar-refractivity contribution in [3.63, 3.8) is 0 Å². The first-order valence-corrected chi connectivity index (χ1v) is 5.37. The van der Waals surface area contributed by atoms with E-state index >= 15 is 0 Å². The van der Waals surface area contributed by atoms with Gasteiger partial charge in [-0.05, 0) is 31.0 Å². The van der Waals surface area contributed by atoms with Crippen LogP contribution in [-0.2, 0) is 6.42 Å². The quantitative estimate of drug-likeness (QED) is 0.812. The third-order valence-electron chi connectivity index (χ3n) is 2.26. The second-order valence-electron chi connectivity index (χ2n) is 3.57. The standard InChI is InChI=1S/C12H19NO3.ClH/c1-3-16-12-7-9(6-10(13)8-14)4-5-11(12)15-2;/h4-5,7,10,14H,3,6,8,13H2,1-2H3;1H. The lowest BCUT2D eigenvalue weighted by atomic mass is 10.1. The van der Waals surface area contributed by atoms with Gasteiger partial charge in [-0.2, -0.15) is 0 Å². The zero-order chi connectivity index (χ0) is 12.0. The molecule has 4 nitrogen and oxygen atoms in total. The van der Waals surface area contributed by atoms with Crippen molar-refractivity contribution in [3.8, 4) is 11.5 Å². The third kappa shape index (κ3) is 4.81. The van der Waals surface area contributed by atoms with Crippen LogP contribution in [0.15, 0.2) is 18.2 Å². The molecule has 5 heteroatoms. The van der Waals surface area contributed by atoms with Gasteiger partial charge in [-0.3, -0.25) is 0 Å². The molecule has 1 atom stereocenters. The summed E-state index contributed by atoms with van der Waals surface area (Å²) in [5.41, 5.74) is 6.71. The number of aliphatic hydroxyl groups excluding tert-OH is 1. The van der Waals surface area contributed by atoms with E-state index in [1.165, 1.54) is 0 Å². The highest BCUT2D eigenvalue weighted by Crippen LogP contribution is 2.28. The maximum Gasteiger partial charge on any atom is 0.161 e. The fourth-order valence-corrected chi connectivity index (χ4v) is 1.48. The smallest absolute Gasteiger partial charge is 0.161 e. The van der Waals surface area contributed by atoms with Crippen LogP contribution in [0.5, 0.6) is 11.5 Å². The molecule has 0 saturated carbocycles. The molecule has 0 heterocycles. The van der Waals surface area contributed by atoms with E-state index < -0.39 is 0 Å². The molecule has 1 aromatic rings. The van der Waals surface area contributed by atoms with Gasteiger partial charge in [0, 0.05) is 6.04 Å². The van der Waals surface area contributed by atoms with Gasteiger partial charge in [0.25, 0.3) is 0 Å². The Balaban J connectivity index is 0.00000256. The summed E-state index contributed by atoms with van der Waals surface area (Å²) in [6.45, 7) is 2.49. The Morgan fingerprint density at radius 2 is 2.06 bits per heavy atom. The van der Waals surface area contributed by atoms with E-state index in [0.717, 1.165) is 5.56 Å². The van der Waals surface area contributed by atoms with Gasteiger partial charge in [0.15, 0.2) is 11.5 Å². The number of halogens is 1. The number of hydrogen-bond donors (Lipinski definition) is 2. The summed E-state index contributed by atoms with van der Waals surface area (Å²) in [6, 6.07) is 5.45. The van der Waals surface area contributed by atoms with Crippen molar-refractivity contribution >= 4 is 12.4 Å². The van der Waals surface area contributed by atoms with E-state index in [-0.39, 0.29) is 25.1 Å². The van der Waals surface area contributed by atoms with Crippen LogP contribution in [0.1, 0.15) is 12.5 Å². The lowest BCUT2D eigenvalue weighted by Crippen LogP contribution is -2.26. The molecule has 0 radical (unpaired) electrons. The fraction of sp³-hybridized carbons (Fsp3) is 0.500. The van der Waals surface area contributed by atoms with E-state index in [1.807, 2.05) is 25.1 Å². The number of ether oxygens (including phenoxy) is 2. The van der Waals surface area contributed by atoms with E-state index in [2.05, 4.69) is 0 Å². The number of benzene rings is 1. The lowest BCUT2D eigenvalue weighted by molar-refractivity contribution is 0.265. The predicted molar refractivity (Wildman–Crippen MR) is 70.2 cm³/mol. The maximum atomic E-state index is 8.89. The first kappa shape index (κ1) is 16.0. The maximum absolute atomic E-state index is 8.89. The Morgan fingerprint density at radius 1 is 1.35 bits per heavy atom. The lowest BCUT2D eigenvalue weighted by Gasteiger charge is -2.12. The van der Waals surface area contributed by atoms with Crippen LogP contribution in [0.2, 0.25) is 0 Å². The van der Waals surface area contributed by atoms with E-state index in [1.54, 1.807) is 7.11 Å². The number of rotatable bonds is 6. The average Bonchev–Trinajstić information content (AvgIpc) is 2.30. The zero-order valence-corrected chi connectivity index (χ0v) is 11.0. The van der Waals surface area contributed by atoms with Crippen LogP contribution in [-0.4, -0.2) is 31.5 Å². The summed E-state index contributed by atoms with van der Waals surface area (Å²) < 4.78 is 10.6. The second-order valence-corrected chi connectivity index (χ2v) is 3.57. The van der Waals surface area contributed by atoms with Crippen LogP contribution in [0, 0.1) is 0 Å². The van der Waals surface area contributed by atoms with Crippen molar-refractivity contribution in [2.24, 2.45) is 5.73 Å². The fourth-order valence-electron chi connectivity index (χ4n) is 1.48. The first-order valence-electron chi connectivity index (χ1n) is 5.37. The molecule has 1 aromatic carbocycles. The van der Waals surface area contributed by atoms with E-state index in [4.69, 9.17) is 20.3 Å². The van der Waals surface area contributed by atoms with Gasteiger partial charge in [-0.1, -0.05) is 6.07 Å². The Kier molecular flexibility index (Phi) is 7.70. The molecule has 1 rings (SSSR count). The molecule has 0 aliphatic rings. The Hall–Kier alpha value is -0.970. The van der Waals surface area contributed by atoms with Crippen LogP contribution in [0.3, 0.4) is 0 Å². The SMILES string of the molecule is CCOc1cc(CC(N)CO)ccc1OC.Cl. The molecule has 0 aliphatic heterocycles. The minimum absolute atomic E-state index is 0. The van der Waals surface area contributed by atoms with Crippen LogP contribution in [0.4, 0.5) is 0 Å². The summed E-state index contributed by atoms with van der Waals surface area (Å²) in [6.07, 6.45) is 0.626. The number of methoxy groups -OCH3 is 1. The van der Waals surface area contributed by atoms with Crippen LogP contribution < -0.4 is 15.2 Å². The normalized spacial score (nSPS) is 11.5. The van der Waals surface area contributed by atoms with Gasteiger partial charge in [0.1, 0.15) is 0 Å². The van der Waals surface area contributed by atoms with Crippen molar-refractivity contribution in [2.45, 2.75) is 19.4 Å². The Bertz CT molecular complexity index is 334. The van der Waals surface area contributed by atoms with Crippen molar-refractivity contribution in [1.82, 2.24) is 0 Å². The van der Waals surface area contributed by atoms with Crippen molar-refractivity contribution in [3.05, 3.63) is 23.8 Å². The highest BCUT2D eigenvalue weighted by molar-refractivity contribution is 5.85. The largest absolute Gasteiger partial charge is 0.493 e. The van der Waals surface area contributed by atoms with Crippen LogP contribution in [0.25, 0.3) is 0 Å². The molecule has 0 bridgehead atoms. The number of nitrogens with two attached hydrogens (primary N) is 1. The summed E-state index contributed by atoms with van der Waals surface area (Å²) in [7, 11) is 1.61. The van der Waals surface area contributed by atoms with Gasteiger partial charge >= 0.3 is 0 Å². The second kappa shape index (κ2) is 8.17. The molecular weight excluding hydrogens is 242 g/mol. The molecule has 0 aliphatic carbocycles. The minimum Gasteiger partial charge on any atom is -0.493 e. The highest BCUT2D eigenvalue weighted by Gasteiger charge is 2.08. The third-order valence-corrected chi connectivity index (χ3v) is 2.26. The van der Waals surface area contributed by atoms with Gasteiger partial charge in [-0.25, -0.2) is 0 Å². The van der Waals surface area contributed by atoms with Gasteiger partial charge in [0.2, 0.25) is 0 Å². The summed E-state index contributed by atoms with van der Waals surface area (Å²) >= 11 is 0. The minimum atomic E-state index is -0.233. The molecule has 98 valence electrons. The molecule has 1 unspecified atom stereocenters. The molecule has 3 N–H and O–H groups in total. The van der Waals surface area contributed by atoms with Crippen molar-refractivity contribution in [1.29, 1.82) is 0 Å². The monoisotopic (exact) mass is 261 g/mol. The van der Waals surface area contributed by atoms with Crippen molar-refractivity contribution in [2.75, 3.05) is 20.3 Å². The Labute approximate surface area is 108 Å². The van der Waals surface area contributed by atoms with E-state index in [0.29, 0.717) is 24.5 Å². The van der Waals surface area contributed by atoms with Crippen molar-refractivity contribution < 1.29 is 14.6 Å². The predicted octanol–water partition coefficient (Wildman–Crippen LogP) is 1.38. The van der Waals surface area contributed by atoms with Gasteiger partial charge in [0.05, 0.1) is 20.3 Å². The average molecular weight is 262 g/mol. The van der Waals surface area contributed by atoms with E-state index in [9.17, 15) is 0 Å². The molecule has 17 heavy (non-hydrogen) atoms. The highest BCUT2D eigenvalue weighted by atomic mass is 35.5. The molecular formula is C12H20ClNO3. The molecule has 0 aromatic heterocycles. The summed E-state index contributed by atoms with van der Waals surface area (Å²) in [5, 5.41) is 8.89. The summed E-state index contributed by atoms with van der Waals surface area (Å²) in [5.74, 6) is 1.43. The zero-order valence-electron chi connectivity index (χ0n) is 10.2. The van der Waals surface area contributed by atoms with Gasteiger partial charge in [-0.15, -0.1) is 12.4 Å². The number of aliphatic hydroxyl groups is 1. The first-order chi connectivity index (χ1) is 7.71.